The van der Waals surface area contributed by atoms with E-state index in [4.69, 9.17) is 9.84 Å². The summed E-state index contributed by atoms with van der Waals surface area (Å²) in [4.78, 5) is 0. The van der Waals surface area contributed by atoms with Gasteiger partial charge in [-0.25, -0.2) is 0 Å². The molecule has 0 amide bonds. The number of ether oxygens (including phenoxy) is 1. The molecule has 4 atom stereocenters. The van der Waals surface area contributed by atoms with E-state index >= 15 is 0 Å². The monoisotopic (exact) mass is 204 g/mol. The Kier molecular flexibility index (Phi) is 4.03. The van der Waals surface area contributed by atoms with E-state index in [1.807, 2.05) is 0 Å². The molecule has 0 radical (unpaired) electrons. The van der Waals surface area contributed by atoms with Crippen LogP contribution in [0.4, 0.5) is 0 Å². The predicted octanol–water partition coefficient (Wildman–Crippen LogP) is -1.59. The van der Waals surface area contributed by atoms with Gasteiger partial charge in [0.1, 0.15) is 24.4 Å². The van der Waals surface area contributed by atoms with Crippen molar-refractivity contribution >= 4 is 0 Å². The fourth-order valence-corrected chi connectivity index (χ4v) is 1.49. The summed E-state index contributed by atoms with van der Waals surface area (Å²) in [7, 11) is 0. The van der Waals surface area contributed by atoms with Crippen LogP contribution < -0.4 is 0 Å². The van der Waals surface area contributed by atoms with Crippen molar-refractivity contribution in [2.45, 2.75) is 31.3 Å². The van der Waals surface area contributed by atoms with Gasteiger partial charge in [0.25, 0.3) is 0 Å². The molecular formula is C9H16O5. The van der Waals surface area contributed by atoms with E-state index in [1.54, 1.807) is 6.92 Å². The second-order valence-corrected chi connectivity index (χ2v) is 3.25. The van der Waals surface area contributed by atoms with E-state index < -0.39 is 24.4 Å². The van der Waals surface area contributed by atoms with Crippen molar-refractivity contribution in [3.63, 3.8) is 0 Å². The number of rotatable bonds is 3. The van der Waals surface area contributed by atoms with Gasteiger partial charge >= 0.3 is 0 Å². The molecule has 0 aromatic carbocycles. The van der Waals surface area contributed by atoms with Crippen molar-refractivity contribution in [2.24, 2.45) is 0 Å². The maximum Gasteiger partial charge on any atom is 0.113 e. The first-order valence-corrected chi connectivity index (χ1v) is 4.59. The summed E-state index contributed by atoms with van der Waals surface area (Å²) in [6, 6.07) is 0. The van der Waals surface area contributed by atoms with Gasteiger partial charge in [-0.3, -0.25) is 0 Å². The number of hydrogen-bond acceptors (Lipinski definition) is 5. The van der Waals surface area contributed by atoms with Gasteiger partial charge in [-0.05, 0) is 18.6 Å². The van der Waals surface area contributed by atoms with Crippen molar-refractivity contribution in [1.82, 2.24) is 0 Å². The van der Waals surface area contributed by atoms with E-state index in [0.717, 1.165) is 0 Å². The second-order valence-electron chi connectivity index (χ2n) is 3.25. The molecule has 0 aromatic heterocycles. The van der Waals surface area contributed by atoms with Crippen molar-refractivity contribution in [3.8, 4) is 0 Å². The Bertz CT molecular complexity index is 215. The summed E-state index contributed by atoms with van der Waals surface area (Å²) in [5.41, 5.74) is 0.279. The Morgan fingerprint density at radius 1 is 1.29 bits per heavy atom. The molecule has 1 aliphatic carbocycles. The van der Waals surface area contributed by atoms with Crippen LogP contribution >= 0.6 is 0 Å². The van der Waals surface area contributed by atoms with Crippen LogP contribution in [0.25, 0.3) is 0 Å². The highest BCUT2D eigenvalue weighted by atomic mass is 16.5. The largest absolute Gasteiger partial charge is 0.392 e. The summed E-state index contributed by atoms with van der Waals surface area (Å²) in [5, 5.41) is 37.2. The lowest BCUT2D eigenvalue weighted by Crippen LogP contribution is -2.49. The third-order valence-corrected chi connectivity index (χ3v) is 2.31. The van der Waals surface area contributed by atoms with E-state index in [2.05, 4.69) is 0 Å². The topological polar surface area (TPSA) is 90.2 Å². The first kappa shape index (κ1) is 11.6. The van der Waals surface area contributed by atoms with Crippen LogP contribution in [0.15, 0.2) is 11.6 Å². The van der Waals surface area contributed by atoms with Crippen molar-refractivity contribution in [3.05, 3.63) is 11.6 Å². The minimum absolute atomic E-state index is 0.279. The van der Waals surface area contributed by atoms with E-state index in [0.29, 0.717) is 6.61 Å². The molecule has 0 bridgehead atoms. The summed E-state index contributed by atoms with van der Waals surface area (Å²) < 4.78 is 5.14. The molecule has 1 rings (SSSR count). The van der Waals surface area contributed by atoms with E-state index in [-0.39, 0.29) is 12.2 Å². The highest BCUT2D eigenvalue weighted by molar-refractivity contribution is 5.20. The molecule has 0 unspecified atom stereocenters. The lowest BCUT2D eigenvalue weighted by molar-refractivity contribution is -0.111. The van der Waals surface area contributed by atoms with Crippen LogP contribution in [0.1, 0.15) is 6.92 Å². The Hall–Kier alpha value is -0.460. The Morgan fingerprint density at radius 2 is 1.93 bits per heavy atom. The first-order valence-electron chi connectivity index (χ1n) is 4.59. The summed E-state index contributed by atoms with van der Waals surface area (Å²) >= 11 is 0. The average molecular weight is 204 g/mol. The van der Waals surface area contributed by atoms with Crippen molar-refractivity contribution < 1.29 is 25.2 Å². The lowest BCUT2D eigenvalue weighted by Gasteiger charge is -2.33. The van der Waals surface area contributed by atoms with E-state index in [9.17, 15) is 15.3 Å². The smallest absolute Gasteiger partial charge is 0.113 e. The fraction of sp³-hybridized carbons (Fsp3) is 0.778. The first-order chi connectivity index (χ1) is 6.61. The normalized spacial score (nSPS) is 38.2. The van der Waals surface area contributed by atoms with Crippen molar-refractivity contribution in [2.75, 3.05) is 13.2 Å². The molecule has 0 saturated heterocycles. The predicted molar refractivity (Wildman–Crippen MR) is 48.6 cm³/mol. The van der Waals surface area contributed by atoms with E-state index in [1.165, 1.54) is 6.08 Å². The molecule has 14 heavy (non-hydrogen) atoms. The molecule has 0 fully saturated rings. The molecule has 82 valence electrons. The van der Waals surface area contributed by atoms with Gasteiger partial charge in [-0.1, -0.05) is 0 Å². The summed E-state index contributed by atoms with van der Waals surface area (Å²) in [5.74, 6) is 0. The van der Waals surface area contributed by atoms with Gasteiger partial charge in [0.2, 0.25) is 0 Å². The fourth-order valence-electron chi connectivity index (χ4n) is 1.49. The number of hydrogen-bond donors (Lipinski definition) is 4. The SMILES string of the molecule is CCO[C@@H]1C=C(CO)[C@H](O)[C@H](O)[C@H]1O. The summed E-state index contributed by atoms with van der Waals surface area (Å²) in [6.45, 7) is 1.80. The molecule has 0 spiro atoms. The van der Waals surface area contributed by atoms with Crippen LogP contribution in [0, 0.1) is 0 Å². The standard InChI is InChI=1S/C9H16O5/c1-2-14-6-3-5(4-10)7(11)9(13)8(6)12/h3,6-13H,2,4H2,1H3/t6-,7+,8+,9+/m1/s1. The van der Waals surface area contributed by atoms with Crippen LogP contribution in [0.2, 0.25) is 0 Å². The molecule has 0 aliphatic heterocycles. The van der Waals surface area contributed by atoms with Gasteiger partial charge in [0, 0.05) is 6.61 Å². The second kappa shape index (κ2) is 4.86. The molecule has 5 heteroatoms. The number of aliphatic hydroxyl groups is 4. The maximum absolute atomic E-state index is 9.49. The zero-order chi connectivity index (χ0) is 10.7. The van der Waals surface area contributed by atoms with Gasteiger partial charge in [0.15, 0.2) is 0 Å². The molecular weight excluding hydrogens is 188 g/mol. The highest BCUT2D eigenvalue weighted by Gasteiger charge is 2.37. The molecule has 0 heterocycles. The van der Waals surface area contributed by atoms with Gasteiger partial charge in [-0.2, -0.15) is 0 Å². The maximum atomic E-state index is 9.49. The summed E-state index contributed by atoms with van der Waals surface area (Å²) in [6.07, 6.45) is -2.89. The van der Waals surface area contributed by atoms with Crippen LogP contribution in [0.5, 0.6) is 0 Å². The molecule has 1 aliphatic rings. The molecule has 4 N–H and O–H groups in total. The Labute approximate surface area is 82.3 Å². The third-order valence-electron chi connectivity index (χ3n) is 2.31. The zero-order valence-electron chi connectivity index (χ0n) is 8.00. The Morgan fingerprint density at radius 3 is 2.43 bits per heavy atom. The average Bonchev–Trinajstić information content (AvgIpc) is 2.19. The third kappa shape index (κ3) is 2.13. The van der Waals surface area contributed by atoms with Crippen LogP contribution in [-0.2, 0) is 4.74 Å². The lowest BCUT2D eigenvalue weighted by atomic mass is 9.90. The van der Waals surface area contributed by atoms with Gasteiger partial charge in [-0.15, -0.1) is 0 Å². The highest BCUT2D eigenvalue weighted by Crippen LogP contribution is 2.21. The van der Waals surface area contributed by atoms with Gasteiger partial charge in [0.05, 0.1) is 6.61 Å². The molecule has 5 nitrogen and oxygen atoms in total. The molecule has 0 saturated carbocycles. The quantitative estimate of drug-likeness (QED) is 0.416. The molecule has 0 aromatic rings. The number of aliphatic hydroxyl groups excluding tert-OH is 4. The zero-order valence-corrected chi connectivity index (χ0v) is 8.00. The minimum atomic E-state index is -1.31. The van der Waals surface area contributed by atoms with Crippen molar-refractivity contribution in [1.29, 1.82) is 0 Å². The Balaban J connectivity index is 2.81. The van der Waals surface area contributed by atoms with Crippen LogP contribution in [0.3, 0.4) is 0 Å². The van der Waals surface area contributed by atoms with Gasteiger partial charge < -0.3 is 25.2 Å². The minimum Gasteiger partial charge on any atom is -0.392 e. The van der Waals surface area contributed by atoms with Crippen LogP contribution in [-0.4, -0.2) is 58.1 Å².